The van der Waals surface area contributed by atoms with Crippen molar-refractivity contribution in [3.63, 3.8) is 0 Å². The lowest BCUT2D eigenvalue weighted by Gasteiger charge is -2.23. The molecule has 1 aromatic heterocycles. The van der Waals surface area contributed by atoms with Gasteiger partial charge in [-0.1, -0.05) is 12.7 Å². The number of carbonyl (C=O) groups is 4. The summed E-state index contributed by atoms with van der Waals surface area (Å²) in [5.41, 5.74) is -0.807. The first-order valence-electron chi connectivity index (χ1n) is 8.51. The Morgan fingerprint density at radius 2 is 1.97 bits per heavy atom. The van der Waals surface area contributed by atoms with Gasteiger partial charge in [-0.15, -0.1) is 0 Å². The first-order valence-corrected chi connectivity index (χ1v) is 8.51. The number of carboxylic acid groups (broad SMARTS) is 1. The number of nitrogens with zero attached hydrogens (tertiary/aromatic N) is 2. The topological polar surface area (TPSA) is 161 Å². The number of imidazole rings is 1. The van der Waals surface area contributed by atoms with Crippen molar-refractivity contribution in [3.05, 3.63) is 24.7 Å². The molecule has 4 N–H and O–H groups in total. The fourth-order valence-corrected chi connectivity index (χ4v) is 1.97. The molecule has 0 aliphatic rings. The molecule has 0 aliphatic heterocycles. The van der Waals surface area contributed by atoms with Crippen LogP contribution in [0.1, 0.15) is 31.4 Å². The average molecular weight is 411 g/mol. The third kappa shape index (κ3) is 8.32. The van der Waals surface area contributed by atoms with Gasteiger partial charge in [-0.05, 0) is 20.8 Å². The number of alkyl carbamates (subject to hydrolysis) is 2. The lowest BCUT2D eigenvalue weighted by Crippen LogP contribution is -2.51. The smallest absolute Gasteiger partial charge is 0.408 e. The maximum absolute atomic E-state index is 12.5. The molecular formula is C17H25N5O7. The highest BCUT2D eigenvalue weighted by Crippen LogP contribution is 2.09. The van der Waals surface area contributed by atoms with E-state index in [9.17, 15) is 19.2 Å². The number of hydrogen-bond acceptors (Lipinski definition) is 7. The van der Waals surface area contributed by atoms with Crippen molar-refractivity contribution in [3.8, 4) is 0 Å². The van der Waals surface area contributed by atoms with E-state index >= 15 is 0 Å². The van der Waals surface area contributed by atoms with E-state index in [1.807, 2.05) is 0 Å². The van der Waals surface area contributed by atoms with E-state index in [2.05, 4.69) is 27.5 Å². The lowest BCUT2D eigenvalue weighted by molar-refractivity contribution is -0.118. The zero-order valence-electron chi connectivity index (χ0n) is 16.6. The summed E-state index contributed by atoms with van der Waals surface area (Å²) in [6.45, 7) is 7.99. The van der Waals surface area contributed by atoms with E-state index in [1.165, 1.54) is 23.9 Å². The van der Waals surface area contributed by atoms with E-state index < -0.39 is 35.7 Å². The third-order valence-electron chi connectivity index (χ3n) is 3.11. The Morgan fingerprint density at radius 3 is 2.48 bits per heavy atom. The van der Waals surface area contributed by atoms with Crippen LogP contribution in [0, 0.1) is 0 Å². The molecule has 0 radical (unpaired) electrons. The van der Waals surface area contributed by atoms with Crippen molar-refractivity contribution < 1.29 is 33.8 Å². The number of anilines is 1. The second-order valence-corrected chi connectivity index (χ2v) is 6.82. The lowest BCUT2D eigenvalue weighted by atomic mass is 10.2. The molecule has 1 heterocycles. The summed E-state index contributed by atoms with van der Waals surface area (Å²) >= 11 is 0. The van der Waals surface area contributed by atoms with E-state index in [0.29, 0.717) is 0 Å². The maximum atomic E-state index is 12.5. The molecule has 12 nitrogen and oxygen atoms in total. The van der Waals surface area contributed by atoms with E-state index in [-0.39, 0.29) is 24.8 Å². The number of nitrogens with one attached hydrogen (secondary N) is 3. The van der Waals surface area contributed by atoms with Crippen LogP contribution in [0.2, 0.25) is 0 Å². The molecule has 1 atom stereocenters. The number of ether oxygens (including phenoxy) is 2. The Kier molecular flexibility index (Phi) is 8.18. The van der Waals surface area contributed by atoms with Crippen LogP contribution in [0.3, 0.4) is 0 Å². The molecule has 0 aliphatic carbocycles. The van der Waals surface area contributed by atoms with Gasteiger partial charge in [0.1, 0.15) is 18.2 Å². The van der Waals surface area contributed by atoms with Gasteiger partial charge >= 0.3 is 18.2 Å². The van der Waals surface area contributed by atoms with E-state index in [1.54, 1.807) is 20.8 Å². The molecule has 0 saturated heterocycles. The summed E-state index contributed by atoms with van der Waals surface area (Å²) in [5, 5.41) is 16.1. The normalized spacial score (nSPS) is 11.7. The number of carbonyl (C=O) groups excluding carboxylic acids is 3. The number of aromatic carboxylic acids is 1. The monoisotopic (exact) mass is 411 g/mol. The van der Waals surface area contributed by atoms with Crippen molar-refractivity contribution >= 4 is 29.9 Å². The van der Waals surface area contributed by atoms with Gasteiger partial charge in [-0.2, -0.15) is 0 Å². The third-order valence-corrected chi connectivity index (χ3v) is 3.11. The summed E-state index contributed by atoms with van der Waals surface area (Å²) in [4.78, 5) is 51.0. The summed E-state index contributed by atoms with van der Waals surface area (Å²) < 4.78 is 11.1. The number of rotatable bonds is 8. The Balaban J connectivity index is 2.87. The minimum absolute atomic E-state index is 0.0336. The standard InChI is InChI=1S/C17H25N5O7/c1-6-7-28-15(26)18-8-10(19-16(27)29-17(2,3)4)13(23)21-11-9-22(5)12(20-11)14(24)25/h6,9-10H,1,7-8H2,2-5H3,(H,18,26)(H,19,27)(H,21,23)(H,24,25)/t10-/m0/s1. The number of aryl methyl sites for hydroxylation is 1. The van der Waals surface area contributed by atoms with E-state index in [4.69, 9.17) is 14.6 Å². The summed E-state index contributed by atoms with van der Waals surface area (Å²) in [7, 11) is 1.44. The molecule has 12 heteroatoms. The molecule has 0 unspecified atom stereocenters. The van der Waals surface area contributed by atoms with Crippen LogP contribution in [-0.2, 0) is 21.3 Å². The van der Waals surface area contributed by atoms with Crippen LogP contribution in [0.4, 0.5) is 15.4 Å². The number of amides is 3. The van der Waals surface area contributed by atoms with Crippen LogP contribution in [0.5, 0.6) is 0 Å². The molecule has 0 saturated carbocycles. The molecule has 1 rings (SSSR count). The summed E-state index contributed by atoms with van der Waals surface area (Å²) in [5.74, 6) is -2.36. The van der Waals surface area contributed by atoms with Crippen molar-refractivity contribution in [2.45, 2.75) is 32.4 Å². The van der Waals surface area contributed by atoms with Crippen LogP contribution >= 0.6 is 0 Å². The van der Waals surface area contributed by atoms with Crippen molar-refractivity contribution in [2.75, 3.05) is 18.5 Å². The Hall–Kier alpha value is -3.57. The highest BCUT2D eigenvalue weighted by atomic mass is 16.6. The predicted molar refractivity (Wildman–Crippen MR) is 102 cm³/mol. The molecule has 160 valence electrons. The molecule has 0 aromatic carbocycles. The molecule has 0 fully saturated rings. The maximum Gasteiger partial charge on any atom is 0.408 e. The molecule has 3 amide bonds. The highest BCUT2D eigenvalue weighted by Gasteiger charge is 2.26. The minimum Gasteiger partial charge on any atom is -0.475 e. The van der Waals surface area contributed by atoms with Gasteiger partial charge in [0, 0.05) is 13.2 Å². The number of carboxylic acids is 1. The first kappa shape index (κ1) is 23.5. The first-order chi connectivity index (χ1) is 13.4. The van der Waals surface area contributed by atoms with Gasteiger partial charge in [0.25, 0.3) is 0 Å². The predicted octanol–water partition coefficient (Wildman–Crippen LogP) is 0.862. The molecule has 0 spiro atoms. The van der Waals surface area contributed by atoms with Crippen LogP contribution in [0.25, 0.3) is 0 Å². The van der Waals surface area contributed by atoms with Gasteiger partial charge in [-0.3, -0.25) is 4.79 Å². The minimum atomic E-state index is -1.27. The van der Waals surface area contributed by atoms with E-state index in [0.717, 1.165) is 0 Å². The number of hydrogen-bond donors (Lipinski definition) is 4. The SMILES string of the molecule is C=CCOC(=O)NC[C@H](NC(=O)OC(C)(C)C)C(=O)Nc1cn(C)c(C(=O)O)n1. The second-order valence-electron chi connectivity index (χ2n) is 6.82. The highest BCUT2D eigenvalue weighted by molar-refractivity contribution is 5.97. The Labute approximate surface area is 167 Å². The summed E-state index contributed by atoms with van der Waals surface area (Å²) in [6.07, 6.45) is 0.951. The largest absolute Gasteiger partial charge is 0.475 e. The van der Waals surface area contributed by atoms with Gasteiger partial charge in [-0.25, -0.2) is 19.4 Å². The van der Waals surface area contributed by atoms with Crippen molar-refractivity contribution in [1.29, 1.82) is 0 Å². The quantitative estimate of drug-likeness (QED) is 0.458. The van der Waals surface area contributed by atoms with Gasteiger partial charge in [0.05, 0.1) is 6.54 Å². The molecule has 1 aromatic rings. The Morgan fingerprint density at radius 1 is 1.31 bits per heavy atom. The average Bonchev–Trinajstić information content (AvgIpc) is 2.95. The molecule has 0 bridgehead atoms. The van der Waals surface area contributed by atoms with Crippen molar-refractivity contribution in [2.24, 2.45) is 7.05 Å². The van der Waals surface area contributed by atoms with Gasteiger partial charge < -0.3 is 35.1 Å². The van der Waals surface area contributed by atoms with Crippen LogP contribution in [-0.4, -0.2) is 63.5 Å². The zero-order chi connectivity index (χ0) is 22.2. The fraction of sp³-hybridized carbons (Fsp3) is 0.471. The van der Waals surface area contributed by atoms with Crippen molar-refractivity contribution in [1.82, 2.24) is 20.2 Å². The van der Waals surface area contributed by atoms with Crippen LogP contribution in [0.15, 0.2) is 18.9 Å². The fourth-order valence-electron chi connectivity index (χ4n) is 1.97. The van der Waals surface area contributed by atoms with Gasteiger partial charge in [0.15, 0.2) is 5.82 Å². The summed E-state index contributed by atoms with van der Waals surface area (Å²) in [6, 6.07) is -1.25. The molecular weight excluding hydrogens is 386 g/mol. The Bertz CT molecular complexity index is 782. The molecule has 29 heavy (non-hydrogen) atoms. The van der Waals surface area contributed by atoms with Crippen LogP contribution < -0.4 is 16.0 Å². The number of aromatic nitrogens is 2. The second kappa shape index (κ2) is 10.1. The zero-order valence-corrected chi connectivity index (χ0v) is 16.6. The van der Waals surface area contributed by atoms with Gasteiger partial charge in [0.2, 0.25) is 11.7 Å².